The van der Waals surface area contributed by atoms with Crippen LogP contribution in [0.5, 0.6) is 0 Å². The van der Waals surface area contributed by atoms with Crippen molar-refractivity contribution in [2.45, 2.75) is 80.7 Å². The Labute approximate surface area is 163 Å². The normalized spacial score (nSPS) is 16.2. The molecule has 1 N–H and O–H groups in total. The van der Waals surface area contributed by atoms with Crippen molar-refractivity contribution < 1.29 is 5.11 Å². The van der Waals surface area contributed by atoms with Gasteiger partial charge in [0.05, 0.1) is 6.54 Å². The fourth-order valence-corrected chi connectivity index (χ4v) is 3.38. The van der Waals surface area contributed by atoms with E-state index in [1.807, 2.05) is 0 Å². The number of rotatable bonds is 9. The summed E-state index contributed by atoms with van der Waals surface area (Å²) in [5.41, 5.74) is 2.26. The number of aliphatic hydroxyl groups excluding tert-OH is 1. The molecule has 0 radical (unpaired) electrons. The second kappa shape index (κ2) is 10.3. The van der Waals surface area contributed by atoms with Crippen LogP contribution < -0.4 is 0 Å². The molecule has 0 fully saturated rings. The van der Waals surface area contributed by atoms with Crippen LogP contribution in [-0.2, 0) is 0 Å². The molecule has 0 aliphatic carbocycles. The van der Waals surface area contributed by atoms with Crippen LogP contribution in [0.15, 0.2) is 28.8 Å². The van der Waals surface area contributed by atoms with Crippen molar-refractivity contribution in [2.24, 2.45) is 22.2 Å². The van der Waals surface area contributed by atoms with E-state index in [4.69, 9.17) is 4.99 Å². The molecule has 152 valence electrons. The second-order valence-corrected chi connectivity index (χ2v) is 9.40. The minimum Gasteiger partial charge on any atom is -0.396 e. The fourth-order valence-electron chi connectivity index (χ4n) is 3.38. The van der Waals surface area contributed by atoms with E-state index in [1.54, 1.807) is 0 Å². The molecule has 0 spiro atoms. The van der Waals surface area contributed by atoms with Crippen LogP contribution in [0, 0.1) is 17.3 Å². The summed E-state index contributed by atoms with van der Waals surface area (Å²) in [4.78, 5) is 7.27. The summed E-state index contributed by atoms with van der Waals surface area (Å²) < 4.78 is 0. The van der Waals surface area contributed by atoms with Gasteiger partial charge >= 0.3 is 0 Å². The van der Waals surface area contributed by atoms with E-state index >= 15 is 0 Å². The van der Waals surface area contributed by atoms with E-state index in [0.29, 0.717) is 24.8 Å². The Morgan fingerprint density at radius 2 is 1.69 bits per heavy atom. The zero-order valence-corrected chi connectivity index (χ0v) is 19.1. The SMILES string of the molecule is C=C(CN=C(C(C)C)N(C)C(C)(CCO)C(C)(C)C)/C(=C\C)CC(C)C. The smallest absolute Gasteiger partial charge is 0.102 e. The van der Waals surface area contributed by atoms with Crippen molar-refractivity contribution >= 4 is 5.84 Å². The van der Waals surface area contributed by atoms with E-state index in [2.05, 4.69) is 86.9 Å². The van der Waals surface area contributed by atoms with Crippen molar-refractivity contribution in [3.05, 3.63) is 23.8 Å². The van der Waals surface area contributed by atoms with Gasteiger partial charge in [0.25, 0.3) is 0 Å². The van der Waals surface area contributed by atoms with Crippen molar-refractivity contribution in [1.82, 2.24) is 4.90 Å². The molecule has 0 heterocycles. The Morgan fingerprint density at radius 1 is 1.15 bits per heavy atom. The minimum atomic E-state index is -0.173. The predicted molar refractivity (Wildman–Crippen MR) is 117 cm³/mol. The van der Waals surface area contributed by atoms with Crippen molar-refractivity contribution in [3.63, 3.8) is 0 Å². The Bertz CT molecular complexity index is 509. The molecule has 1 atom stereocenters. The van der Waals surface area contributed by atoms with E-state index < -0.39 is 0 Å². The van der Waals surface area contributed by atoms with Gasteiger partial charge in [0, 0.05) is 25.1 Å². The first-order valence-electron chi connectivity index (χ1n) is 10.0. The summed E-state index contributed by atoms with van der Waals surface area (Å²) in [5, 5.41) is 9.65. The molecule has 1 unspecified atom stereocenters. The van der Waals surface area contributed by atoms with Crippen LogP contribution in [0.1, 0.15) is 75.2 Å². The molecule has 0 aliphatic rings. The number of hydrogen-bond donors (Lipinski definition) is 1. The maximum absolute atomic E-state index is 9.65. The molecule has 0 aromatic rings. The zero-order valence-electron chi connectivity index (χ0n) is 19.1. The first kappa shape index (κ1) is 24.9. The van der Waals surface area contributed by atoms with Gasteiger partial charge < -0.3 is 10.0 Å². The minimum absolute atomic E-state index is 0.0171. The monoisotopic (exact) mass is 364 g/mol. The number of aliphatic hydroxyl groups is 1. The number of allylic oxidation sites excluding steroid dienone is 1. The number of hydrogen-bond acceptors (Lipinski definition) is 2. The van der Waals surface area contributed by atoms with Crippen LogP contribution in [0.2, 0.25) is 0 Å². The third kappa shape index (κ3) is 6.57. The number of amidine groups is 1. The van der Waals surface area contributed by atoms with Gasteiger partial charge in [-0.15, -0.1) is 0 Å². The van der Waals surface area contributed by atoms with Crippen LogP contribution in [-0.4, -0.2) is 41.6 Å². The Hall–Kier alpha value is -1.09. The molecule has 26 heavy (non-hydrogen) atoms. The standard InChI is InChI=1S/C23H44N2O/c1-12-20(15-17(2)3)19(6)16-24-21(18(4)5)25(11)23(10,13-14-26)22(7,8)9/h12,17-18,26H,6,13-16H2,1-5,7-11H3/b20-12-,24-21?. The summed E-state index contributed by atoms with van der Waals surface area (Å²) in [7, 11) is 2.12. The van der Waals surface area contributed by atoms with Gasteiger partial charge in [0.2, 0.25) is 0 Å². The predicted octanol–water partition coefficient (Wildman–Crippen LogP) is 5.71. The molecule has 0 saturated heterocycles. The average molecular weight is 365 g/mol. The van der Waals surface area contributed by atoms with Crippen LogP contribution >= 0.6 is 0 Å². The molecule has 0 aromatic carbocycles. The van der Waals surface area contributed by atoms with Gasteiger partial charge in [-0.25, -0.2) is 0 Å². The van der Waals surface area contributed by atoms with Crippen molar-refractivity contribution in [3.8, 4) is 0 Å². The Kier molecular flexibility index (Phi) is 9.87. The highest BCUT2D eigenvalue weighted by molar-refractivity contribution is 5.85. The first-order valence-corrected chi connectivity index (χ1v) is 10.0. The number of nitrogens with zero attached hydrogens (tertiary/aromatic N) is 2. The van der Waals surface area contributed by atoms with Gasteiger partial charge in [-0.3, -0.25) is 4.99 Å². The first-order chi connectivity index (χ1) is 11.8. The summed E-state index contributed by atoms with van der Waals surface area (Å²) >= 11 is 0. The fraction of sp³-hybridized carbons (Fsp3) is 0.783. The lowest BCUT2D eigenvalue weighted by Crippen LogP contribution is -2.57. The molecular formula is C23H44N2O. The van der Waals surface area contributed by atoms with Crippen molar-refractivity contribution in [2.75, 3.05) is 20.2 Å². The van der Waals surface area contributed by atoms with E-state index in [9.17, 15) is 5.11 Å². The maximum Gasteiger partial charge on any atom is 0.102 e. The highest BCUT2D eigenvalue weighted by Gasteiger charge is 2.42. The lowest BCUT2D eigenvalue weighted by Gasteiger charge is -2.50. The second-order valence-electron chi connectivity index (χ2n) is 9.40. The average Bonchev–Trinajstić information content (AvgIpc) is 2.50. The van der Waals surface area contributed by atoms with E-state index in [1.165, 1.54) is 5.57 Å². The van der Waals surface area contributed by atoms with Crippen LogP contribution in [0.25, 0.3) is 0 Å². The third-order valence-electron chi connectivity index (χ3n) is 5.68. The lowest BCUT2D eigenvalue weighted by atomic mass is 9.71. The van der Waals surface area contributed by atoms with Crippen LogP contribution in [0.4, 0.5) is 0 Å². The van der Waals surface area contributed by atoms with Crippen LogP contribution in [0.3, 0.4) is 0 Å². The molecule has 0 saturated carbocycles. The zero-order chi connectivity index (χ0) is 20.7. The van der Waals surface area contributed by atoms with Gasteiger partial charge in [0.15, 0.2) is 0 Å². The Balaban J connectivity index is 5.64. The molecule has 0 rings (SSSR count). The highest BCUT2D eigenvalue weighted by atomic mass is 16.3. The maximum atomic E-state index is 9.65. The quantitative estimate of drug-likeness (QED) is 0.323. The molecule has 3 heteroatoms. The van der Waals surface area contributed by atoms with E-state index in [-0.39, 0.29) is 17.6 Å². The number of aliphatic imine (C=N–C) groups is 1. The largest absolute Gasteiger partial charge is 0.396 e. The summed E-state index contributed by atoms with van der Waals surface area (Å²) in [6.45, 7) is 24.9. The molecular weight excluding hydrogens is 320 g/mol. The van der Waals surface area contributed by atoms with E-state index in [0.717, 1.165) is 17.8 Å². The highest BCUT2D eigenvalue weighted by Crippen LogP contribution is 2.38. The topological polar surface area (TPSA) is 35.8 Å². The van der Waals surface area contributed by atoms with Gasteiger partial charge in [-0.2, -0.15) is 0 Å². The molecule has 0 bridgehead atoms. The lowest BCUT2D eigenvalue weighted by molar-refractivity contribution is 0.0476. The third-order valence-corrected chi connectivity index (χ3v) is 5.68. The van der Waals surface area contributed by atoms with Gasteiger partial charge in [0.1, 0.15) is 5.84 Å². The van der Waals surface area contributed by atoms with Gasteiger partial charge in [-0.05, 0) is 49.2 Å². The summed E-state index contributed by atoms with van der Waals surface area (Å²) in [6, 6.07) is 0. The molecule has 0 aromatic heterocycles. The summed E-state index contributed by atoms with van der Waals surface area (Å²) in [5.74, 6) is 2.01. The van der Waals surface area contributed by atoms with Crippen molar-refractivity contribution in [1.29, 1.82) is 0 Å². The molecule has 0 amide bonds. The molecule has 3 nitrogen and oxygen atoms in total. The molecule has 0 aliphatic heterocycles. The van der Waals surface area contributed by atoms with Gasteiger partial charge in [-0.1, -0.05) is 61.1 Å². The Morgan fingerprint density at radius 3 is 2.04 bits per heavy atom. The summed E-state index contributed by atoms with van der Waals surface area (Å²) in [6.07, 6.45) is 3.93.